The molecule has 0 atom stereocenters. The number of aromatic nitrogens is 2. The van der Waals surface area contributed by atoms with E-state index in [-0.39, 0.29) is 11.4 Å². The lowest BCUT2D eigenvalue weighted by Gasteiger charge is -2.23. The predicted molar refractivity (Wildman–Crippen MR) is 74.0 cm³/mol. The largest absolute Gasteiger partial charge is 0.349 e. The maximum absolute atomic E-state index is 13.9. The highest BCUT2D eigenvalue weighted by molar-refractivity contribution is 5.56. The molecule has 1 heterocycles. The Morgan fingerprint density at radius 1 is 0.955 bits per heavy atom. The summed E-state index contributed by atoms with van der Waals surface area (Å²) in [6.07, 6.45) is -1.44. The van der Waals surface area contributed by atoms with Gasteiger partial charge in [-0.3, -0.25) is 0 Å². The molecule has 1 aliphatic rings. The molecule has 2 nitrogen and oxygen atoms in total. The third-order valence-electron chi connectivity index (χ3n) is 3.80. The van der Waals surface area contributed by atoms with Crippen LogP contribution in [0.1, 0.15) is 29.8 Å². The molecule has 0 spiro atoms. The summed E-state index contributed by atoms with van der Waals surface area (Å²) in [4.78, 5) is 8.14. The van der Waals surface area contributed by atoms with Crippen LogP contribution in [-0.4, -0.2) is 16.4 Å². The highest BCUT2D eigenvalue weighted by Crippen LogP contribution is 2.38. The maximum Gasteiger partial charge on any atom is 0.349 e. The van der Waals surface area contributed by atoms with Crippen LogP contribution in [0.3, 0.4) is 0 Å². The molecule has 1 aromatic heterocycles. The lowest BCUT2D eigenvalue weighted by molar-refractivity contribution is -0.138. The summed E-state index contributed by atoms with van der Waals surface area (Å²) in [5.74, 6) is -4.18. The molecule has 0 saturated heterocycles. The van der Waals surface area contributed by atoms with Crippen LogP contribution in [0.15, 0.2) is 30.3 Å². The van der Waals surface area contributed by atoms with Gasteiger partial charge in [0.15, 0.2) is 5.82 Å². The molecule has 0 radical (unpaired) electrons. The number of halogens is 4. The summed E-state index contributed by atoms with van der Waals surface area (Å²) >= 11 is 0. The Morgan fingerprint density at radius 2 is 1.64 bits per heavy atom. The molecule has 116 valence electrons. The highest BCUT2D eigenvalue weighted by Gasteiger charge is 2.47. The van der Waals surface area contributed by atoms with Crippen LogP contribution >= 0.6 is 0 Å². The third-order valence-corrected chi connectivity index (χ3v) is 3.80. The Balaban J connectivity index is 2.19. The van der Waals surface area contributed by atoms with E-state index in [9.17, 15) is 17.6 Å². The van der Waals surface area contributed by atoms with E-state index in [1.807, 2.05) is 0 Å². The van der Waals surface area contributed by atoms with E-state index in [0.717, 1.165) is 6.42 Å². The minimum Gasteiger partial charge on any atom is -0.233 e. The molecule has 0 fully saturated rings. The van der Waals surface area contributed by atoms with Crippen LogP contribution in [0.4, 0.5) is 17.6 Å². The van der Waals surface area contributed by atoms with E-state index >= 15 is 0 Å². The first kappa shape index (κ1) is 14.9. The fourth-order valence-corrected chi connectivity index (χ4v) is 2.69. The van der Waals surface area contributed by atoms with Gasteiger partial charge in [0.2, 0.25) is 0 Å². The van der Waals surface area contributed by atoms with Crippen molar-refractivity contribution in [2.24, 2.45) is 0 Å². The van der Waals surface area contributed by atoms with Crippen LogP contribution in [-0.2, 0) is 18.8 Å². The van der Waals surface area contributed by atoms with Crippen molar-refractivity contribution in [3.63, 3.8) is 0 Å². The van der Waals surface area contributed by atoms with E-state index < -0.39 is 18.0 Å². The van der Waals surface area contributed by atoms with E-state index in [2.05, 4.69) is 9.97 Å². The van der Waals surface area contributed by atoms with Gasteiger partial charge in [-0.05, 0) is 25.7 Å². The van der Waals surface area contributed by atoms with E-state index in [4.69, 9.17) is 0 Å². The summed E-state index contributed by atoms with van der Waals surface area (Å²) in [6, 6.07) is 8.58. The quantitative estimate of drug-likeness (QED) is 0.786. The number of alkyl halides is 4. The van der Waals surface area contributed by atoms with Gasteiger partial charge in [-0.15, -0.1) is 0 Å². The second-order valence-corrected chi connectivity index (χ2v) is 5.32. The normalized spacial score (nSPS) is 15.0. The fraction of sp³-hybridized carbons (Fsp3) is 0.375. The molecule has 1 aromatic carbocycles. The molecule has 0 bridgehead atoms. The molecule has 1 aliphatic carbocycles. The predicted octanol–water partition coefficient (Wildman–Crippen LogP) is 4.38. The smallest absolute Gasteiger partial charge is 0.233 e. The van der Waals surface area contributed by atoms with Crippen LogP contribution in [0.5, 0.6) is 0 Å². The molecular weight excluding hydrogens is 296 g/mol. The lowest BCUT2D eigenvalue weighted by atomic mass is 9.92. The first-order valence-corrected chi connectivity index (χ1v) is 7.12. The highest BCUT2D eigenvalue weighted by atomic mass is 19.3. The van der Waals surface area contributed by atoms with Crippen LogP contribution in [0.25, 0.3) is 11.4 Å². The van der Waals surface area contributed by atoms with Gasteiger partial charge in [0.05, 0.1) is 0 Å². The van der Waals surface area contributed by atoms with Crippen LogP contribution in [0, 0.1) is 0 Å². The molecule has 0 N–H and O–H groups in total. The Bertz CT molecular complexity index is 671. The average Bonchev–Trinajstić information content (AvgIpc) is 2.54. The number of hydrogen-bond acceptors (Lipinski definition) is 2. The van der Waals surface area contributed by atoms with Crippen molar-refractivity contribution in [2.45, 2.75) is 38.0 Å². The number of aryl methyl sites for hydroxylation is 1. The van der Waals surface area contributed by atoms with Crippen molar-refractivity contribution in [2.75, 3.05) is 0 Å². The van der Waals surface area contributed by atoms with Crippen molar-refractivity contribution < 1.29 is 17.6 Å². The topological polar surface area (TPSA) is 25.8 Å². The minimum absolute atomic E-state index is 0.0802. The Morgan fingerprint density at radius 3 is 2.32 bits per heavy atom. The molecule has 22 heavy (non-hydrogen) atoms. The van der Waals surface area contributed by atoms with Crippen molar-refractivity contribution >= 4 is 0 Å². The molecular formula is C16H14F4N2. The van der Waals surface area contributed by atoms with Crippen molar-refractivity contribution in [1.82, 2.24) is 9.97 Å². The zero-order chi connectivity index (χ0) is 15.7. The molecule has 3 rings (SSSR count). The summed E-state index contributed by atoms with van der Waals surface area (Å²) < 4.78 is 53.4. The van der Waals surface area contributed by atoms with Gasteiger partial charge in [-0.25, -0.2) is 18.7 Å². The van der Waals surface area contributed by atoms with Crippen molar-refractivity contribution in [3.05, 3.63) is 47.3 Å². The van der Waals surface area contributed by atoms with E-state index in [1.165, 1.54) is 0 Å². The summed E-state index contributed by atoms with van der Waals surface area (Å²) in [6.45, 7) is 0. The van der Waals surface area contributed by atoms with Gasteiger partial charge >= 0.3 is 12.3 Å². The second kappa shape index (κ2) is 5.66. The summed E-state index contributed by atoms with van der Waals surface area (Å²) in [5.41, 5.74) is 0.389. The zero-order valence-corrected chi connectivity index (χ0v) is 11.7. The molecule has 0 amide bonds. The number of rotatable bonds is 3. The Labute approximate surface area is 125 Å². The first-order valence-electron chi connectivity index (χ1n) is 7.12. The Hall–Kier alpha value is -1.98. The summed E-state index contributed by atoms with van der Waals surface area (Å²) in [7, 11) is 0. The van der Waals surface area contributed by atoms with Crippen LogP contribution < -0.4 is 0 Å². The van der Waals surface area contributed by atoms with Crippen LogP contribution in [0.2, 0.25) is 0 Å². The molecule has 0 saturated carbocycles. The lowest BCUT2D eigenvalue weighted by Crippen LogP contribution is -2.29. The second-order valence-electron chi connectivity index (χ2n) is 5.32. The van der Waals surface area contributed by atoms with Gasteiger partial charge < -0.3 is 0 Å². The van der Waals surface area contributed by atoms with Crippen molar-refractivity contribution in [3.8, 4) is 11.4 Å². The number of hydrogen-bond donors (Lipinski definition) is 0. The number of nitrogens with zero attached hydrogens (tertiary/aromatic N) is 2. The zero-order valence-electron chi connectivity index (χ0n) is 11.7. The fourth-order valence-electron chi connectivity index (χ4n) is 2.69. The molecule has 0 unspecified atom stereocenters. The number of benzene rings is 1. The molecule has 6 heteroatoms. The average molecular weight is 310 g/mol. The minimum atomic E-state index is -4.26. The Kier molecular flexibility index (Phi) is 3.85. The van der Waals surface area contributed by atoms with Gasteiger partial charge in [0.25, 0.3) is 0 Å². The third kappa shape index (κ3) is 2.58. The molecule has 0 aliphatic heterocycles. The summed E-state index contributed by atoms with van der Waals surface area (Å²) in [5, 5.41) is 0. The SMILES string of the molecule is FC(F)C(F)(F)c1nc(-c2ccccc2)nc2c1CCCC2. The molecule has 2 aromatic rings. The van der Waals surface area contributed by atoms with Gasteiger partial charge in [0.1, 0.15) is 5.69 Å². The first-order chi connectivity index (χ1) is 10.5. The van der Waals surface area contributed by atoms with Gasteiger partial charge in [-0.1, -0.05) is 30.3 Å². The van der Waals surface area contributed by atoms with Gasteiger partial charge in [0, 0.05) is 16.8 Å². The van der Waals surface area contributed by atoms with E-state index in [0.29, 0.717) is 30.5 Å². The standard InChI is InChI=1S/C16H14F4N2/c17-15(18)16(19,20)13-11-8-4-5-9-12(11)21-14(22-13)10-6-2-1-3-7-10/h1-3,6-7,15H,4-5,8-9H2. The monoisotopic (exact) mass is 310 g/mol. The van der Waals surface area contributed by atoms with E-state index in [1.54, 1.807) is 30.3 Å². The van der Waals surface area contributed by atoms with Crippen molar-refractivity contribution in [1.29, 1.82) is 0 Å². The van der Waals surface area contributed by atoms with Gasteiger partial charge in [-0.2, -0.15) is 8.78 Å². The number of fused-ring (bicyclic) bond motifs is 1. The maximum atomic E-state index is 13.9.